The van der Waals surface area contributed by atoms with Gasteiger partial charge in [0.05, 0.1) is 7.11 Å². The second-order valence-corrected chi connectivity index (χ2v) is 5.67. The van der Waals surface area contributed by atoms with Crippen LogP contribution in [0.1, 0.15) is 13.8 Å². The van der Waals surface area contributed by atoms with Gasteiger partial charge in [-0.2, -0.15) is 0 Å². The average Bonchev–Trinajstić information content (AvgIpc) is 2.54. The highest BCUT2D eigenvalue weighted by Crippen LogP contribution is 2.20. The van der Waals surface area contributed by atoms with Gasteiger partial charge in [-0.25, -0.2) is 4.79 Å². The van der Waals surface area contributed by atoms with Crippen molar-refractivity contribution in [2.45, 2.75) is 19.4 Å². The predicted molar refractivity (Wildman–Crippen MR) is 81.7 cm³/mol. The van der Waals surface area contributed by atoms with E-state index in [1.54, 1.807) is 23.6 Å². The van der Waals surface area contributed by atoms with E-state index in [1.165, 1.54) is 7.11 Å². The van der Waals surface area contributed by atoms with E-state index in [4.69, 9.17) is 9.47 Å². The first-order chi connectivity index (χ1) is 10.4. The molecule has 120 valence electrons. The van der Waals surface area contributed by atoms with Crippen molar-refractivity contribution in [2.24, 2.45) is 0 Å². The summed E-state index contributed by atoms with van der Waals surface area (Å²) in [5, 5.41) is 0. The van der Waals surface area contributed by atoms with Crippen LogP contribution in [-0.4, -0.2) is 60.7 Å². The fraction of sp³-hybridized carbons (Fsp3) is 0.500. The second kappa shape index (κ2) is 6.68. The highest BCUT2D eigenvalue weighted by Gasteiger charge is 2.36. The third-order valence-electron chi connectivity index (χ3n) is 3.63. The minimum Gasteiger partial charge on any atom is -0.478 e. The second-order valence-electron chi connectivity index (χ2n) is 5.67. The molecule has 0 radical (unpaired) electrons. The summed E-state index contributed by atoms with van der Waals surface area (Å²) in [5.74, 6) is 0.579. The number of ether oxygens (including phenoxy) is 2. The molecule has 0 saturated carbocycles. The number of para-hydroxylation sites is 1. The Balaban J connectivity index is 1.95. The summed E-state index contributed by atoms with van der Waals surface area (Å²) in [7, 11) is 1.36. The van der Waals surface area contributed by atoms with Crippen LogP contribution in [0, 0.1) is 0 Å². The van der Waals surface area contributed by atoms with E-state index in [0.29, 0.717) is 31.9 Å². The number of rotatable bonds is 3. The zero-order chi connectivity index (χ0) is 16.2. The summed E-state index contributed by atoms with van der Waals surface area (Å²) < 4.78 is 10.5. The lowest BCUT2D eigenvalue weighted by Crippen LogP contribution is -2.56. The fourth-order valence-electron chi connectivity index (χ4n) is 2.43. The summed E-state index contributed by atoms with van der Waals surface area (Å²) in [4.78, 5) is 27.4. The van der Waals surface area contributed by atoms with Gasteiger partial charge in [-0.05, 0) is 26.0 Å². The molecule has 1 aliphatic heterocycles. The van der Waals surface area contributed by atoms with Gasteiger partial charge in [-0.3, -0.25) is 4.79 Å². The largest absolute Gasteiger partial charge is 0.478 e. The van der Waals surface area contributed by atoms with Crippen molar-refractivity contribution in [3.05, 3.63) is 30.3 Å². The topological polar surface area (TPSA) is 59.1 Å². The van der Waals surface area contributed by atoms with Gasteiger partial charge in [-0.1, -0.05) is 18.2 Å². The third kappa shape index (κ3) is 3.69. The zero-order valence-corrected chi connectivity index (χ0v) is 13.2. The summed E-state index contributed by atoms with van der Waals surface area (Å²) in [6.45, 7) is 5.43. The van der Waals surface area contributed by atoms with Gasteiger partial charge in [-0.15, -0.1) is 0 Å². The summed E-state index contributed by atoms with van der Waals surface area (Å²) in [6, 6.07) is 9.28. The smallest absolute Gasteiger partial charge is 0.409 e. The Labute approximate surface area is 130 Å². The van der Waals surface area contributed by atoms with Crippen LogP contribution in [0.5, 0.6) is 5.75 Å². The number of hydrogen-bond acceptors (Lipinski definition) is 4. The van der Waals surface area contributed by atoms with Crippen LogP contribution in [0.25, 0.3) is 0 Å². The van der Waals surface area contributed by atoms with E-state index in [-0.39, 0.29) is 12.0 Å². The zero-order valence-electron chi connectivity index (χ0n) is 13.2. The first-order valence-electron chi connectivity index (χ1n) is 7.30. The highest BCUT2D eigenvalue weighted by molar-refractivity contribution is 5.85. The maximum atomic E-state index is 12.6. The minimum atomic E-state index is -0.950. The Kier molecular flexibility index (Phi) is 4.90. The minimum absolute atomic E-state index is 0.0825. The highest BCUT2D eigenvalue weighted by atomic mass is 16.5. The van der Waals surface area contributed by atoms with Gasteiger partial charge in [0.15, 0.2) is 5.60 Å². The van der Waals surface area contributed by atoms with Crippen molar-refractivity contribution in [3.8, 4) is 5.75 Å². The van der Waals surface area contributed by atoms with E-state index in [1.807, 2.05) is 30.3 Å². The molecule has 0 atom stereocenters. The standard InChI is InChI=1S/C16H22N2O4/c1-16(2,22-13-7-5-4-6-8-13)14(19)17-9-11-18(12-10-17)15(20)21-3/h4-8H,9-12H2,1-3H3. The van der Waals surface area contributed by atoms with Crippen LogP contribution >= 0.6 is 0 Å². The Bertz CT molecular complexity index is 522. The van der Waals surface area contributed by atoms with E-state index < -0.39 is 5.60 Å². The average molecular weight is 306 g/mol. The quantitative estimate of drug-likeness (QED) is 0.854. The molecule has 0 spiro atoms. The number of nitrogens with zero attached hydrogens (tertiary/aromatic N) is 2. The van der Waals surface area contributed by atoms with Crippen molar-refractivity contribution >= 4 is 12.0 Å². The van der Waals surface area contributed by atoms with Crippen molar-refractivity contribution in [1.82, 2.24) is 9.80 Å². The van der Waals surface area contributed by atoms with Crippen LogP contribution in [0.15, 0.2) is 30.3 Å². The number of benzene rings is 1. The van der Waals surface area contributed by atoms with Crippen LogP contribution in [0.3, 0.4) is 0 Å². The van der Waals surface area contributed by atoms with Gasteiger partial charge in [0.2, 0.25) is 0 Å². The van der Waals surface area contributed by atoms with Crippen LogP contribution in [-0.2, 0) is 9.53 Å². The normalized spacial score (nSPS) is 15.4. The molecule has 0 bridgehead atoms. The number of piperazine rings is 1. The molecular weight excluding hydrogens is 284 g/mol. The Hall–Kier alpha value is -2.24. The van der Waals surface area contributed by atoms with Crippen LogP contribution in [0.2, 0.25) is 0 Å². The Morgan fingerprint density at radius 1 is 1.00 bits per heavy atom. The monoisotopic (exact) mass is 306 g/mol. The maximum absolute atomic E-state index is 12.6. The van der Waals surface area contributed by atoms with Crippen molar-refractivity contribution in [3.63, 3.8) is 0 Å². The van der Waals surface area contributed by atoms with Crippen LogP contribution in [0.4, 0.5) is 4.79 Å². The summed E-state index contributed by atoms with van der Waals surface area (Å²) >= 11 is 0. The molecule has 2 amide bonds. The molecular formula is C16H22N2O4. The summed E-state index contributed by atoms with van der Waals surface area (Å²) in [6.07, 6.45) is -0.355. The predicted octanol–water partition coefficient (Wildman–Crippen LogP) is 1.75. The molecule has 22 heavy (non-hydrogen) atoms. The molecule has 0 aliphatic carbocycles. The molecule has 6 nitrogen and oxygen atoms in total. The van der Waals surface area contributed by atoms with Crippen molar-refractivity contribution in [2.75, 3.05) is 33.3 Å². The first kappa shape index (κ1) is 16.1. The van der Waals surface area contributed by atoms with Crippen LogP contribution < -0.4 is 4.74 Å². The lowest BCUT2D eigenvalue weighted by atomic mass is 10.1. The lowest BCUT2D eigenvalue weighted by Gasteiger charge is -2.37. The molecule has 1 aromatic rings. The third-order valence-corrected chi connectivity index (χ3v) is 3.63. The maximum Gasteiger partial charge on any atom is 0.409 e. The lowest BCUT2D eigenvalue weighted by molar-refractivity contribution is -0.147. The molecule has 6 heteroatoms. The molecule has 1 aliphatic rings. The van der Waals surface area contributed by atoms with Gasteiger partial charge < -0.3 is 19.3 Å². The van der Waals surface area contributed by atoms with E-state index in [9.17, 15) is 9.59 Å². The number of carbonyl (C=O) groups is 2. The van der Waals surface area contributed by atoms with E-state index in [2.05, 4.69) is 0 Å². The van der Waals surface area contributed by atoms with E-state index >= 15 is 0 Å². The number of amides is 2. The molecule has 2 rings (SSSR count). The van der Waals surface area contributed by atoms with E-state index in [0.717, 1.165) is 0 Å². The Morgan fingerprint density at radius 2 is 1.55 bits per heavy atom. The number of hydrogen-bond donors (Lipinski definition) is 0. The fourth-order valence-corrected chi connectivity index (χ4v) is 2.43. The molecule has 0 unspecified atom stereocenters. The number of carbonyl (C=O) groups excluding carboxylic acids is 2. The summed E-state index contributed by atoms with van der Waals surface area (Å²) in [5.41, 5.74) is -0.950. The van der Waals surface area contributed by atoms with Gasteiger partial charge in [0.25, 0.3) is 5.91 Å². The van der Waals surface area contributed by atoms with Crippen molar-refractivity contribution < 1.29 is 19.1 Å². The Morgan fingerprint density at radius 3 is 2.09 bits per heavy atom. The van der Waals surface area contributed by atoms with Gasteiger partial charge in [0, 0.05) is 26.2 Å². The molecule has 0 aromatic heterocycles. The SMILES string of the molecule is COC(=O)N1CCN(C(=O)C(C)(C)Oc2ccccc2)CC1. The van der Waals surface area contributed by atoms with Gasteiger partial charge in [0.1, 0.15) is 5.75 Å². The molecule has 0 N–H and O–H groups in total. The molecule has 1 aromatic carbocycles. The molecule has 1 saturated heterocycles. The molecule has 1 fully saturated rings. The molecule has 1 heterocycles. The van der Waals surface area contributed by atoms with Gasteiger partial charge >= 0.3 is 6.09 Å². The van der Waals surface area contributed by atoms with Crippen molar-refractivity contribution in [1.29, 1.82) is 0 Å². The number of methoxy groups -OCH3 is 1. The first-order valence-corrected chi connectivity index (χ1v) is 7.30.